The highest BCUT2D eigenvalue weighted by molar-refractivity contribution is 5.92. The minimum absolute atomic E-state index is 0.0728. The van der Waals surface area contributed by atoms with E-state index in [0.29, 0.717) is 11.6 Å². The summed E-state index contributed by atoms with van der Waals surface area (Å²) in [6.45, 7) is 1.85. The average Bonchev–Trinajstić information content (AvgIpc) is 2.64. The molecule has 76 valence electrons. The van der Waals surface area contributed by atoms with Crippen LogP contribution in [0.1, 0.15) is 11.5 Å². The lowest BCUT2D eigenvalue weighted by Gasteiger charge is -2.03. The highest BCUT2D eigenvalue weighted by Gasteiger charge is 2.05. The minimum Gasteiger partial charge on any atom is -0.382 e. The van der Waals surface area contributed by atoms with Gasteiger partial charge in [0.15, 0.2) is 0 Å². The van der Waals surface area contributed by atoms with E-state index in [9.17, 15) is 0 Å². The van der Waals surface area contributed by atoms with E-state index in [1.165, 1.54) is 0 Å². The molecule has 0 amide bonds. The SMILES string of the molecule is Cc1nccn1-c1nccc(C(=N)N)n1. The fourth-order valence-electron chi connectivity index (χ4n) is 1.20. The summed E-state index contributed by atoms with van der Waals surface area (Å²) in [5, 5.41) is 7.27. The molecule has 0 spiro atoms. The van der Waals surface area contributed by atoms with E-state index in [1.54, 1.807) is 29.2 Å². The van der Waals surface area contributed by atoms with Crippen molar-refractivity contribution in [3.63, 3.8) is 0 Å². The number of aromatic nitrogens is 4. The number of nitrogen functional groups attached to an aromatic ring is 1. The van der Waals surface area contributed by atoms with Gasteiger partial charge >= 0.3 is 0 Å². The Hall–Kier alpha value is -2.24. The molecule has 3 N–H and O–H groups in total. The summed E-state index contributed by atoms with van der Waals surface area (Å²) in [6, 6.07) is 1.60. The van der Waals surface area contributed by atoms with Gasteiger partial charge in [-0.15, -0.1) is 0 Å². The molecule has 0 atom stereocenters. The zero-order chi connectivity index (χ0) is 10.8. The summed E-state index contributed by atoms with van der Waals surface area (Å²) >= 11 is 0. The van der Waals surface area contributed by atoms with Crippen LogP contribution in [0.15, 0.2) is 24.7 Å². The highest BCUT2D eigenvalue weighted by atomic mass is 15.2. The Balaban J connectivity index is 2.50. The summed E-state index contributed by atoms with van der Waals surface area (Å²) in [7, 11) is 0. The number of rotatable bonds is 2. The highest BCUT2D eigenvalue weighted by Crippen LogP contribution is 2.04. The van der Waals surface area contributed by atoms with Crippen LogP contribution in [0.4, 0.5) is 0 Å². The molecule has 2 aromatic heterocycles. The number of nitrogens with one attached hydrogen (secondary N) is 1. The Bertz CT molecular complexity index is 501. The third-order valence-corrected chi connectivity index (χ3v) is 1.96. The lowest BCUT2D eigenvalue weighted by atomic mass is 10.4. The molecule has 2 aromatic rings. The first-order valence-electron chi connectivity index (χ1n) is 4.36. The molecule has 0 aliphatic carbocycles. The van der Waals surface area contributed by atoms with Gasteiger partial charge in [-0.2, -0.15) is 0 Å². The molecule has 0 unspecified atom stereocenters. The van der Waals surface area contributed by atoms with Crippen LogP contribution < -0.4 is 5.73 Å². The van der Waals surface area contributed by atoms with E-state index in [1.807, 2.05) is 6.92 Å². The van der Waals surface area contributed by atoms with E-state index in [-0.39, 0.29) is 5.84 Å². The Kier molecular flexibility index (Phi) is 2.17. The topological polar surface area (TPSA) is 93.5 Å². The third kappa shape index (κ3) is 1.69. The first-order valence-corrected chi connectivity index (χ1v) is 4.36. The zero-order valence-electron chi connectivity index (χ0n) is 8.18. The number of hydrogen-bond donors (Lipinski definition) is 2. The number of amidine groups is 1. The van der Waals surface area contributed by atoms with Crippen LogP contribution in [0.3, 0.4) is 0 Å². The molecule has 0 bridgehead atoms. The van der Waals surface area contributed by atoms with Gasteiger partial charge in [-0.3, -0.25) is 9.98 Å². The maximum atomic E-state index is 7.27. The van der Waals surface area contributed by atoms with Crippen molar-refractivity contribution in [2.24, 2.45) is 5.73 Å². The Morgan fingerprint density at radius 3 is 2.80 bits per heavy atom. The van der Waals surface area contributed by atoms with Crippen LogP contribution in [0.2, 0.25) is 0 Å². The molecule has 0 saturated heterocycles. The molecule has 0 saturated carbocycles. The number of hydrogen-bond acceptors (Lipinski definition) is 4. The first-order chi connectivity index (χ1) is 7.18. The smallest absolute Gasteiger partial charge is 0.235 e. The van der Waals surface area contributed by atoms with E-state index >= 15 is 0 Å². The van der Waals surface area contributed by atoms with Gasteiger partial charge in [-0.25, -0.2) is 15.0 Å². The molecular formula is C9H10N6. The number of nitrogens with zero attached hydrogens (tertiary/aromatic N) is 4. The standard InChI is InChI=1S/C9H10N6/c1-6-12-4-5-15(6)9-13-3-2-7(14-9)8(10)11/h2-5H,1H3,(H3,10,11). The van der Waals surface area contributed by atoms with Crippen molar-refractivity contribution in [1.29, 1.82) is 5.41 Å². The number of nitrogens with two attached hydrogens (primary N) is 1. The van der Waals surface area contributed by atoms with Gasteiger partial charge in [0.2, 0.25) is 5.95 Å². The van der Waals surface area contributed by atoms with E-state index in [4.69, 9.17) is 11.1 Å². The van der Waals surface area contributed by atoms with Crippen molar-refractivity contribution in [1.82, 2.24) is 19.5 Å². The Morgan fingerprint density at radius 1 is 1.40 bits per heavy atom. The van der Waals surface area contributed by atoms with Gasteiger partial charge in [0.1, 0.15) is 17.4 Å². The minimum atomic E-state index is -0.0728. The lowest BCUT2D eigenvalue weighted by Crippen LogP contribution is -2.15. The number of imidazole rings is 1. The predicted octanol–water partition coefficient (Wildman–Crippen LogP) is 0.255. The average molecular weight is 202 g/mol. The second kappa shape index (κ2) is 3.49. The fraction of sp³-hybridized carbons (Fsp3) is 0.111. The molecule has 2 heterocycles. The quantitative estimate of drug-likeness (QED) is 0.539. The van der Waals surface area contributed by atoms with E-state index < -0.39 is 0 Å². The van der Waals surface area contributed by atoms with Crippen molar-refractivity contribution >= 4 is 5.84 Å². The molecule has 0 aliphatic rings. The van der Waals surface area contributed by atoms with Crippen molar-refractivity contribution < 1.29 is 0 Å². The summed E-state index contributed by atoms with van der Waals surface area (Å²) < 4.78 is 1.73. The second-order valence-electron chi connectivity index (χ2n) is 3.00. The molecule has 0 aliphatic heterocycles. The predicted molar refractivity (Wildman–Crippen MR) is 54.9 cm³/mol. The van der Waals surface area contributed by atoms with Crippen molar-refractivity contribution in [2.45, 2.75) is 6.92 Å². The van der Waals surface area contributed by atoms with E-state index in [0.717, 1.165) is 5.82 Å². The molecule has 2 rings (SSSR count). The van der Waals surface area contributed by atoms with Crippen molar-refractivity contribution in [3.8, 4) is 5.95 Å². The van der Waals surface area contributed by atoms with E-state index in [2.05, 4.69) is 15.0 Å². The second-order valence-corrected chi connectivity index (χ2v) is 3.00. The summed E-state index contributed by atoms with van der Waals surface area (Å²) in [6.07, 6.45) is 4.99. The van der Waals surface area contributed by atoms with Crippen LogP contribution in [-0.2, 0) is 0 Å². The van der Waals surface area contributed by atoms with Crippen molar-refractivity contribution in [3.05, 3.63) is 36.2 Å². The normalized spacial score (nSPS) is 10.2. The monoisotopic (exact) mass is 202 g/mol. The number of aryl methyl sites for hydroxylation is 1. The molecule has 6 nitrogen and oxygen atoms in total. The largest absolute Gasteiger partial charge is 0.382 e. The lowest BCUT2D eigenvalue weighted by molar-refractivity contribution is 0.879. The molecule has 0 aromatic carbocycles. The Morgan fingerprint density at radius 2 is 2.20 bits per heavy atom. The van der Waals surface area contributed by atoms with Crippen LogP contribution in [0.5, 0.6) is 0 Å². The van der Waals surface area contributed by atoms with Gasteiger partial charge < -0.3 is 5.73 Å². The molecular weight excluding hydrogens is 192 g/mol. The summed E-state index contributed by atoms with van der Waals surface area (Å²) in [4.78, 5) is 12.3. The molecule has 0 fully saturated rings. The van der Waals surface area contributed by atoms with Crippen LogP contribution in [0, 0.1) is 12.3 Å². The van der Waals surface area contributed by atoms with Gasteiger partial charge in [0, 0.05) is 18.6 Å². The summed E-state index contributed by atoms with van der Waals surface area (Å²) in [5.74, 6) is 1.19. The molecule has 15 heavy (non-hydrogen) atoms. The van der Waals surface area contributed by atoms with Gasteiger partial charge in [-0.1, -0.05) is 0 Å². The third-order valence-electron chi connectivity index (χ3n) is 1.96. The van der Waals surface area contributed by atoms with Gasteiger partial charge in [0.25, 0.3) is 0 Å². The van der Waals surface area contributed by atoms with Gasteiger partial charge in [0.05, 0.1) is 0 Å². The van der Waals surface area contributed by atoms with Crippen LogP contribution in [-0.4, -0.2) is 25.4 Å². The molecule has 6 heteroatoms. The summed E-state index contributed by atoms with van der Waals surface area (Å²) in [5.41, 5.74) is 5.75. The van der Waals surface area contributed by atoms with Crippen LogP contribution in [0.25, 0.3) is 5.95 Å². The fourth-order valence-corrected chi connectivity index (χ4v) is 1.20. The zero-order valence-corrected chi connectivity index (χ0v) is 8.18. The molecule has 0 radical (unpaired) electrons. The maximum Gasteiger partial charge on any atom is 0.235 e. The first kappa shape index (κ1) is 9.32. The Labute approximate surface area is 86.3 Å². The van der Waals surface area contributed by atoms with Crippen molar-refractivity contribution in [2.75, 3.05) is 0 Å². The van der Waals surface area contributed by atoms with Gasteiger partial charge in [-0.05, 0) is 13.0 Å². The maximum absolute atomic E-state index is 7.27. The van der Waals surface area contributed by atoms with Crippen LogP contribution >= 0.6 is 0 Å².